The second-order valence-corrected chi connectivity index (χ2v) is 7.48. The van der Waals surface area contributed by atoms with Crippen LogP contribution in [0.3, 0.4) is 0 Å². The highest BCUT2D eigenvalue weighted by molar-refractivity contribution is 7.18. The molecule has 28 heavy (non-hydrogen) atoms. The van der Waals surface area contributed by atoms with Gasteiger partial charge >= 0.3 is 0 Å². The Morgan fingerprint density at radius 3 is 2.61 bits per heavy atom. The smallest absolute Gasteiger partial charge is 0.254 e. The number of methoxy groups -OCH3 is 2. The molecule has 5 nitrogen and oxygen atoms in total. The Bertz CT molecular complexity index is 993. The third-order valence-corrected chi connectivity index (χ3v) is 5.88. The number of rotatable bonds is 6. The molecule has 1 atom stereocenters. The predicted octanol–water partition coefficient (Wildman–Crippen LogP) is 5.18. The first kappa shape index (κ1) is 19.9. The zero-order chi connectivity index (χ0) is 20.3. The molecule has 0 saturated heterocycles. The van der Waals surface area contributed by atoms with Crippen molar-refractivity contribution in [3.8, 4) is 11.5 Å². The fourth-order valence-corrected chi connectivity index (χ4v) is 4.10. The number of hydrogen-bond acceptors (Lipinski definition) is 5. The van der Waals surface area contributed by atoms with Crippen LogP contribution < -0.4 is 9.47 Å². The van der Waals surface area contributed by atoms with Crippen molar-refractivity contribution in [1.29, 1.82) is 0 Å². The predicted molar refractivity (Wildman–Crippen MR) is 114 cm³/mol. The lowest BCUT2D eigenvalue weighted by atomic mass is 10.1. The van der Waals surface area contributed by atoms with Crippen molar-refractivity contribution in [2.45, 2.75) is 19.9 Å². The van der Waals surface area contributed by atoms with E-state index in [-0.39, 0.29) is 11.9 Å². The number of carbonyl (C=O) groups excluding carboxylic acids is 1. The fraction of sp³-hybridized carbons (Fsp3) is 0.273. The van der Waals surface area contributed by atoms with Gasteiger partial charge in [0.25, 0.3) is 5.91 Å². The zero-order valence-electron chi connectivity index (χ0n) is 16.7. The van der Waals surface area contributed by atoms with Crippen LogP contribution in [0.25, 0.3) is 16.3 Å². The summed E-state index contributed by atoms with van der Waals surface area (Å²) in [5.41, 5.74) is 2.30. The van der Waals surface area contributed by atoms with Crippen molar-refractivity contribution in [3.05, 3.63) is 58.6 Å². The Kier molecular flexibility index (Phi) is 5.99. The zero-order valence-corrected chi connectivity index (χ0v) is 17.5. The lowest BCUT2D eigenvalue weighted by Crippen LogP contribution is -2.29. The summed E-state index contributed by atoms with van der Waals surface area (Å²) in [4.78, 5) is 19.6. The Morgan fingerprint density at radius 2 is 1.96 bits per heavy atom. The summed E-state index contributed by atoms with van der Waals surface area (Å²) in [5, 5.41) is 0.909. The highest BCUT2D eigenvalue weighted by Crippen LogP contribution is 2.35. The van der Waals surface area contributed by atoms with Gasteiger partial charge in [0, 0.05) is 18.2 Å². The van der Waals surface area contributed by atoms with E-state index in [1.807, 2.05) is 56.3 Å². The van der Waals surface area contributed by atoms with Crippen molar-refractivity contribution in [2.24, 2.45) is 0 Å². The Balaban J connectivity index is 1.94. The lowest BCUT2D eigenvalue weighted by molar-refractivity contribution is 0.0742. The Hall–Kier alpha value is -2.86. The third-order valence-electron chi connectivity index (χ3n) is 4.67. The van der Waals surface area contributed by atoms with Crippen LogP contribution in [0.2, 0.25) is 0 Å². The van der Waals surface area contributed by atoms with E-state index in [9.17, 15) is 4.79 Å². The molecule has 1 heterocycles. The number of allylic oxidation sites excluding steroid dienone is 1. The van der Waals surface area contributed by atoms with E-state index < -0.39 is 0 Å². The van der Waals surface area contributed by atoms with Gasteiger partial charge < -0.3 is 14.4 Å². The first-order valence-electron chi connectivity index (χ1n) is 9.01. The van der Waals surface area contributed by atoms with Gasteiger partial charge in [0.2, 0.25) is 0 Å². The van der Waals surface area contributed by atoms with E-state index in [1.165, 1.54) is 0 Å². The number of benzene rings is 2. The monoisotopic (exact) mass is 396 g/mol. The minimum Gasteiger partial charge on any atom is -0.493 e. The highest BCUT2D eigenvalue weighted by Gasteiger charge is 2.24. The van der Waals surface area contributed by atoms with E-state index in [4.69, 9.17) is 9.47 Å². The standard InChI is InChI=1S/C22H24N2O3S/c1-6-9-15-12-16(13-18(26-4)20(15)27-5)22(25)24(3)14(2)21-23-17-10-7-8-11-19(17)28-21/h6-14H,1-5H3. The molecule has 1 amide bonds. The number of nitrogens with zero attached hydrogens (tertiary/aromatic N) is 2. The van der Waals surface area contributed by atoms with Crippen LogP contribution in [0.1, 0.15) is 40.8 Å². The summed E-state index contributed by atoms with van der Waals surface area (Å²) < 4.78 is 12.0. The number of para-hydroxylation sites is 1. The lowest BCUT2D eigenvalue weighted by Gasteiger charge is -2.24. The number of hydrogen-bond donors (Lipinski definition) is 0. The van der Waals surface area contributed by atoms with Crippen LogP contribution in [0.15, 0.2) is 42.5 Å². The van der Waals surface area contributed by atoms with Crippen molar-refractivity contribution < 1.29 is 14.3 Å². The van der Waals surface area contributed by atoms with Gasteiger partial charge in [-0.1, -0.05) is 24.3 Å². The van der Waals surface area contributed by atoms with Crippen LogP contribution in [0, 0.1) is 0 Å². The first-order chi connectivity index (χ1) is 13.5. The van der Waals surface area contributed by atoms with Gasteiger partial charge in [-0.15, -0.1) is 11.3 Å². The number of amides is 1. The van der Waals surface area contributed by atoms with Crippen LogP contribution in [0.4, 0.5) is 0 Å². The summed E-state index contributed by atoms with van der Waals surface area (Å²) in [5.74, 6) is 1.04. The number of fused-ring (bicyclic) bond motifs is 1. The molecule has 0 aliphatic heterocycles. The molecule has 0 bridgehead atoms. The molecule has 0 radical (unpaired) electrons. The van der Waals surface area contributed by atoms with E-state index in [2.05, 4.69) is 4.98 Å². The van der Waals surface area contributed by atoms with Crippen LogP contribution in [0.5, 0.6) is 11.5 Å². The van der Waals surface area contributed by atoms with Gasteiger partial charge in [-0.25, -0.2) is 4.98 Å². The highest BCUT2D eigenvalue weighted by atomic mass is 32.1. The van der Waals surface area contributed by atoms with Crippen molar-refractivity contribution in [2.75, 3.05) is 21.3 Å². The van der Waals surface area contributed by atoms with E-state index in [1.54, 1.807) is 43.6 Å². The molecular formula is C22H24N2O3S. The summed E-state index contributed by atoms with van der Waals surface area (Å²) in [6.07, 6.45) is 3.80. The number of aromatic nitrogens is 1. The van der Waals surface area contributed by atoms with E-state index >= 15 is 0 Å². The van der Waals surface area contributed by atoms with Crippen molar-refractivity contribution >= 4 is 33.5 Å². The number of ether oxygens (including phenoxy) is 2. The molecular weight excluding hydrogens is 372 g/mol. The molecule has 0 aliphatic rings. The molecule has 0 fully saturated rings. The molecule has 0 spiro atoms. The normalized spacial score (nSPS) is 12.3. The molecule has 3 rings (SSSR count). The van der Waals surface area contributed by atoms with E-state index in [0.717, 1.165) is 20.8 Å². The molecule has 146 valence electrons. The molecule has 6 heteroatoms. The molecule has 0 aliphatic carbocycles. The average Bonchev–Trinajstić information content (AvgIpc) is 3.16. The van der Waals surface area contributed by atoms with Gasteiger partial charge in [0.1, 0.15) is 5.01 Å². The summed E-state index contributed by atoms with van der Waals surface area (Å²) in [6.45, 7) is 3.91. The summed E-state index contributed by atoms with van der Waals surface area (Å²) in [7, 11) is 4.96. The molecule has 1 aromatic heterocycles. The molecule has 0 saturated carbocycles. The molecule has 2 aromatic carbocycles. The maximum Gasteiger partial charge on any atom is 0.254 e. The van der Waals surface area contributed by atoms with Gasteiger partial charge in [0.05, 0.1) is 30.5 Å². The molecule has 3 aromatic rings. The fourth-order valence-electron chi connectivity index (χ4n) is 3.03. The minimum atomic E-state index is -0.150. The minimum absolute atomic E-state index is 0.0986. The Labute approximate surface area is 169 Å². The van der Waals surface area contributed by atoms with Gasteiger partial charge in [0.15, 0.2) is 11.5 Å². The summed E-state index contributed by atoms with van der Waals surface area (Å²) in [6, 6.07) is 11.4. The average molecular weight is 397 g/mol. The van der Waals surface area contributed by atoms with Crippen LogP contribution >= 0.6 is 11.3 Å². The van der Waals surface area contributed by atoms with Crippen LogP contribution in [-0.4, -0.2) is 37.1 Å². The van der Waals surface area contributed by atoms with Gasteiger partial charge in [-0.2, -0.15) is 0 Å². The van der Waals surface area contributed by atoms with Crippen LogP contribution in [-0.2, 0) is 0 Å². The number of carbonyl (C=O) groups is 1. The molecule has 1 unspecified atom stereocenters. The topological polar surface area (TPSA) is 51.7 Å². The van der Waals surface area contributed by atoms with Gasteiger partial charge in [-0.3, -0.25) is 4.79 Å². The quantitative estimate of drug-likeness (QED) is 0.576. The number of thiazole rings is 1. The van der Waals surface area contributed by atoms with Crippen molar-refractivity contribution in [1.82, 2.24) is 9.88 Å². The van der Waals surface area contributed by atoms with Gasteiger partial charge in [-0.05, 0) is 38.1 Å². The third kappa shape index (κ3) is 3.73. The van der Waals surface area contributed by atoms with Crippen molar-refractivity contribution in [3.63, 3.8) is 0 Å². The summed E-state index contributed by atoms with van der Waals surface area (Å²) >= 11 is 1.61. The second kappa shape index (κ2) is 8.44. The second-order valence-electron chi connectivity index (χ2n) is 6.41. The van der Waals surface area contributed by atoms with E-state index in [0.29, 0.717) is 17.1 Å². The SMILES string of the molecule is CC=Cc1cc(C(=O)N(C)C(C)c2nc3ccccc3s2)cc(OC)c1OC. The largest absolute Gasteiger partial charge is 0.493 e. The Morgan fingerprint density at radius 1 is 1.21 bits per heavy atom. The molecule has 0 N–H and O–H groups in total. The maximum absolute atomic E-state index is 13.2. The maximum atomic E-state index is 13.2. The first-order valence-corrected chi connectivity index (χ1v) is 9.83.